The summed E-state index contributed by atoms with van der Waals surface area (Å²) in [4.78, 5) is 4.30. The van der Waals surface area contributed by atoms with E-state index in [0.717, 1.165) is 21.0 Å². The first-order valence-electron chi connectivity index (χ1n) is 4.30. The molecule has 2 aromatic carbocycles. The Morgan fingerprint density at radius 3 is 2.50 bits per heavy atom. The smallest absolute Gasteiger partial charge is 0.124 e. The Hall–Kier alpha value is -1.03. The van der Waals surface area contributed by atoms with Gasteiger partial charge in [0.2, 0.25) is 0 Å². The fourth-order valence-electron chi connectivity index (χ4n) is 1.67. The van der Waals surface area contributed by atoms with E-state index in [0.29, 0.717) is 5.75 Å². The second-order valence-electron chi connectivity index (χ2n) is 3.14. The van der Waals surface area contributed by atoms with Gasteiger partial charge in [-0.3, -0.25) is 0 Å². The highest BCUT2D eigenvalue weighted by Crippen LogP contribution is 2.33. The van der Waals surface area contributed by atoms with E-state index in [-0.39, 0.29) is 24.8 Å². The van der Waals surface area contributed by atoms with E-state index in [9.17, 15) is 5.11 Å². The lowest BCUT2D eigenvalue weighted by atomic mass is 10.1. The molecule has 3 aromatic rings. The van der Waals surface area contributed by atoms with Crippen LogP contribution in [0.5, 0.6) is 5.75 Å². The lowest BCUT2D eigenvalue weighted by molar-refractivity contribution is 0.482. The first kappa shape index (κ1) is 13.0. The molecule has 1 aromatic heterocycles. The monoisotopic (exact) mass is 273 g/mol. The third kappa shape index (κ3) is 1.82. The molecule has 16 heavy (non-hydrogen) atoms. The normalized spacial score (nSPS) is 9.75. The van der Waals surface area contributed by atoms with Gasteiger partial charge >= 0.3 is 0 Å². The van der Waals surface area contributed by atoms with Crippen LogP contribution in [0.3, 0.4) is 0 Å². The standard InChI is InChI=1S/C11H7NOS.2ClH/c13-9-5-10-11(12-6-14-10)8-4-2-1-3-7(8)9;;/h1-6,13H;2*1H. The molecule has 0 saturated heterocycles. The maximum absolute atomic E-state index is 9.77. The van der Waals surface area contributed by atoms with Crippen LogP contribution >= 0.6 is 36.2 Å². The Morgan fingerprint density at radius 2 is 1.75 bits per heavy atom. The minimum absolute atomic E-state index is 0. The number of aromatic hydroxyl groups is 1. The third-order valence-electron chi connectivity index (χ3n) is 2.32. The van der Waals surface area contributed by atoms with Crippen LogP contribution in [0, 0.1) is 0 Å². The Balaban J connectivity index is 0.000000640. The summed E-state index contributed by atoms with van der Waals surface area (Å²) in [5.41, 5.74) is 2.78. The zero-order chi connectivity index (χ0) is 9.54. The van der Waals surface area contributed by atoms with Crippen molar-refractivity contribution in [2.24, 2.45) is 0 Å². The molecule has 0 aliphatic rings. The summed E-state index contributed by atoms with van der Waals surface area (Å²) in [6, 6.07) is 9.54. The lowest BCUT2D eigenvalue weighted by Gasteiger charge is -2.00. The Morgan fingerprint density at radius 1 is 1.06 bits per heavy atom. The number of hydrogen-bond acceptors (Lipinski definition) is 3. The van der Waals surface area contributed by atoms with Crippen LogP contribution in [0.4, 0.5) is 0 Å². The molecule has 0 fully saturated rings. The molecule has 0 atom stereocenters. The summed E-state index contributed by atoms with van der Waals surface area (Å²) in [5, 5.41) is 11.7. The number of hydrogen-bond donors (Lipinski definition) is 1. The average Bonchev–Trinajstić information content (AvgIpc) is 2.66. The molecule has 0 radical (unpaired) electrons. The Bertz CT molecular complexity index is 623. The summed E-state index contributed by atoms with van der Waals surface area (Å²) in [6.07, 6.45) is 0. The van der Waals surface area contributed by atoms with Gasteiger partial charge in [0.05, 0.1) is 15.7 Å². The fraction of sp³-hybridized carbons (Fsp3) is 0. The van der Waals surface area contributed by atoms with Crippen LogP contribution in [0.15, 0.2) is 35.8 Å². The van der Waals surface area contributed by atoms with Crippen molar-refractivity contribution in [1.82, 2.24) is 4.98 Å². The molecule has 0 spiro atoms. The van der Waals surface area contributed by atoms with E-state index in [4.69, 9.17) is 0 Å². The van der Waals surface area contributed by atoms with Crippen molar-refractivity contribution in [3.8, 4) is 5.75 Å². The molecule has 1 heterocycles. The van der Waals surface area contributed by atoms with Gasteiger partial charge in [-0.1, -0.05) is 24.3 Å². The molecule has 0 aliphatic carbocycles. The maximum atomic E-state index is 9.77. The number of thiazole rings is 1. The summed E-state index contributed by atoms with van der Waals surface area (Å²) >= 11 is 1.55. The predicted molar refractivity (Wildman–Crippen MR) is 73.3 cm³/mol. The highest BCUT2D eigenvalue weighted by molar-refractivity contribution is 7.16. The molecular formula is C11H9Cl2NOS. The zero-order valence-electron chi connectivity index (χ0n) is 8.08. The number of benzene rings is 2. The lowest BCUT2D eigenvalue weighted by Crippen LogP contribution is -1.75. The molecule has 1 N–H and O–H groups in total. The summed E-state index contributed by atoms with van der Waals surface area (Å²) in [7, 11) is 0. The van der Waals surface area contributed by atoms with Crippen molar-refractivity contribution in [2.45, 2.75) is 0 Å². The van der Waals surface area contributed by atoms with Crippen molar-refractivity contribution >= 4 is 57.1 Å². The van der Waals surface area contributed by atoms with Gasteiger partial charge in [-0.05, 0) is 6.07 Å². The molecule has 3 rings (SSSR count). The van der Waals surface area contributed by atoms with E-state index < -0.39 is 0 Å². The van der Waals surface area contributed by atoms with Gasteiger partial charge in [0.15, 0.2) is 0 Å². The van der Waals surface area contributed by atoms with Crippen LogP contribution in [-0.4, -0.2) is 10.1 Å². The second-order valence-corrected chi connectivity index (χ2v) is 4.03. The minimum atomic E-state index is 0. The SMILES string of the molecule is Cl.Cl.Oc1cc2scnc2c2ccccc12. The average molecular weight is 274 g/mol. The van der Waals surface area contributed by atoms with Crippen molar-refractivity contribution in [3.05, 3.63) is 35.8 Å². The van der Waals surface area contributed by atoms with Crippen molar-refractivity contribution in [2.75, 3.05) is 0 Å². The molecule has 5 heteroatoms. The number of fused-ring (bicyclic) bond motifs is 3. The number of aromatic nitrogens is 1. The van der Waals surface area contributed by atoms with Gasteiger partial charge in [-0.2, -0.15) is 0 Å². The Labute approximate surface area is 109 Å². The molecule has 84 valence electrons. The van der Waals surface area contributed by atoms with Gasteiger partial charge in [-0.15, -0.1) is 36.2 Å². The Kier molecular flexibility index (Phi) is 3.97. The highest BCUT2D eigenvalue weighted by Gasteiger charge is 2.06. The summed E-state index contributed by atoms with van der Waals surface area (Å²) < 4.78 is 1.03. The van der Waals surface area contributed by atoms with Gasteiger partial charge in [0.1, 0.15) is 5.75 Å². The van der Waals surface area contributed by atoms with Gasteiger partial charge < -0.3 is 5.11 Å². The third-order valence-corrected chi connectivity index (χ3v) is 3.10. The number of phenols is 1. The largest absolute Gasteiger partial charge is 0.507 e. The predicted octanol–water partition coefficient (Wildman–Crippen LogP) is 4.00. The molecule has 2 nitrogen and oxygen atoms in total. The van der Waals surface area contributed by atoms with E-state index in [1.165, 1.54) is 0 Å². The number of halogens is 2. The molecular weight excluding hydrogens is 265 g/mol. The van der Waals surface area contributed by atoms with Crippen LogP contribution in [0.1, 0.15) is 0 Å². The molecule has 0 saturated carbocycles. The zero-order valence-corrected chi connectivity index (χ0v) is 10.5. The van der Waals surface area contributed by atoms with E-state index in [1.807, 2.05) is 24.3 Å². The van der Waals surface area contributed by atoms with Gasteiger partial charge in [0.25, 0.3) is 0 Å². The maximum Gasteiger partial charge on any atom is 0.124 e. The summed E-state index contributed by atoms with van der Waals surface area (Å²) in [6.45, 7) is 0. The van der Waals surface area contributed by atoms with E-state index in [2.05, 4.69) is 4.98 Å². The quantitative estimate of drug-likeness (QED) is 0.672. The van der Waals surface area contributed by atoms with Gasteiger partial charge in [-0.25, -0.2) is 4.98 Å². The first-order chi connectivity index (χ1) is 6.86. The fourth-order valence-corrected chi connectivity index (χ4v) is 2.40. The number of rotatable bonds is 0. The van der Waals surface area contributed by atoms with Gasteiger partial charge in [0, 0.05) is 10.8 Å². The second kappa shape index (κ2) is 4.87. The van der Waals surface area contributed by atoms with Crippen molar-refractivity contribution < 1.29 is 5.11 Å². The van der Waals surface area contributed by atoms with Crippen LogP contribution in [-0.2, 0) is 0 Å². The highest BCUT2D eigenvalue weighted by atomic mass is 35.5. The van der Waals surface area contributed by atoms with E-state index >= 15 is 0 Å². The first-order valence-corrected chi connectivity index (χ1v) is 5.18. The van der Waals surface area contributed by atoms with Crippen LogP contribution < -0.4 is 0 Å². The van der Waals surface area contributed by atoms with Crippen molar-refractivity contribution in [1.29, 1.82) is 0 Å². The van der Waals surface area contributed by atoms with E-state index in [1.54, 1.807) is 22.9 Å². The number of nitrogens with zero attached hydrogens (tertiary/aromatic N) is 1. The molecule has 0 unspecified atom stereocenters. The summed E-state index contributed by atoms with van der Waals surface area (Å²) in [5.74, 6) is 0.331. The molecule has 0 bridgehead atoms. The van der Waals surface area contributed by atoms with Crippen molar-refractivity contribution in [3.63, 3.8) is 0 Å². The molecule has 0 aliphatic heterocycles. The minimum Gasteiger partial charge on any atom is -0.507 e. The molecule has 0 amide bonds. The van der Waals surface area contributed by atoms with Crippen LogP contribution in [0.25, 0.3) is 21.0 Å². The topological polar surface area (TPSA) is 33.1 Å². The van der Waals surface area contributed by atoms with Crippen LogP contribution in [0.2, 0.25) is 0 Å². The number of phenolic OH excluding ortho intramolecular Hbond substituents is 1.